The van der Waals surface area contributed by atoms with Crippen LogP contribution in [-0.2, 0) is 24.0 Å². The summed E-state index contributed by atoms with van der Waals surface area (Å²) in [7, 11) is 0. The van der Waals surface area contributed by atoms with Crippen LogP contribution in [0.1, 0.15) is 33.9 Å². The van der Waals surface area contributed by atoms with Crippen molar-refractivity contribution >= 4 is 11.6 Å². The molecule has 1 saturated heterocycles. The van der Waals surface area contributed by atoms with Gasteiger partial charge in [0.05, 0.1) is 30.7 Å². The molecule has 4 rings (SSSR count). The third kappa shape index (κ3) is 4.15. The highest BCUT2D eigenvalue weighted by molar-refractivity contribution is 6.33. The van der Waals surface area contributed by atoms with Crippen molar-refractivity contribution in [3.05, 3.63) is 63.2 Å². The second-order valence-electron chi connectivity index (χ2n) is 7.92. The van der Waals surface area contributed by atoms with Gasteiger partial charge in [-0.3, -0.25) is 0 Å². The molecule has 0 bridgehead atoms. The number of hydrogen-bond acceptors (Lipinski definition) is 7. The lowest BCUT2D eigenvalue weighted by molar-refractivity contribution is -0.231. The van der Waals surface area contributed by atoms with Gasteiger partial charge >= 0.3 is 0 Å². The van der Waals surface area contributed by atoms with Gasteiger partial charge in [-0.25, -0.2) is 0 Å². The Morgan fingerprint density at radius 2 is 1.77 bits per heavy atom. The average Bonchev–Trinajstić information content (AvgIpc) is 3.27. The zero-order valence-electron chi connectivity index (χ0n) is 16.7. The van der Waals surface area contributed by atoms with Crippen LogP contribution in [0.3, 0.4) is 0 Å². The Bertz CT molecular complexity index is 987. The number of benzene rings is 2. The molecule has 164 valence electrons. The number of nitrogens with zero attached hydrogens (tertiary/aromatic N) is 1. The van der Waals surface area contributed by atoms with Crippen molar-refractivity contribution in [3.8, 4) is 11.8 Å². The highest BCUT2D eigenvalue weighted by Gasteiger charge is 2.45. The molecule has 2 aromatic rings. The predicted molar refractivity (Wildman–Crippen MR) is 112 cm³/mol. The molecular weight excluding hydrogens is 422 g/mol. The second-order valence-corrected chi connectivity index (χ2v) is 8.30. The summed E-state index contributed by atoms with van der Waals surface area (Å²) in [6.45, 7) is -0.0542. The SMILES string of the molecule is N#CCc1ccc(Cc2cc([C@@H]3O[C@H](CO)[C@@H](O)[C@H](O)[C@H]3O)c3c(c2Cl)OCC3)cc1. The summed E-state index contributed by atoms with van der Waals surface area (Å²) in [6, 6.07) is 11.6. The largest absolute Gasteiger partial charge is 0.491 e. The van der Waals surface area contributed by atoms with E-state index in [9.17, 15) is 20.4 Å². The van der Waals surface area contributed by atoms with Crippen LogP contribution in [0.2, 0.25) is 5.02 Å². The van der Waals surface area contributed by atoms with Crippen LogP contribution in [0.4, 0.5) is 0 Å². The van der Waals surface area contributed by atoms with E-state index in [0.29, 0.717) is 42.2 Å². The minimum absolute atomic E-state index is 0.342. The Morgan fingerprint density at radius 1 is 1.06 bits per heavy atom. The number of aliphatic hydroxyl groups excluding tert-OH is 4. The third-order valence-electron chi connectivity index (χ3n) is 5.93. The van der Waals surface area contributed by atoms with Crippen LogP contribution in [0.15, 0.2) is 30.3 Å². The van der Waals surface area contributed by atoms with Crippen molar-refractivity contribution in [2.24, 2.45) is 0 Å². The monoisotopic (exact) mass is 445 g/mol. The van der Waals surface area contributed by atoms with E-state index in [2.05, 4.69) is 6.07 Å². The lowest BCUT2D eigenvalue weighted by Gasteiger charge is -2.40. The molecule has 2 aliphatic rings. The highest BCUT2D eigenvalue weighted by Crippen LogP contribution is 2.44. The van der Waals surface area contributed by atoms with Gasteiger partial charge in [-0.05, 0) is 28.7 Å². The summed E-state index contributed by atoms with van der Waals surface area (Å²) in [6.07, 6.45) is -4.78. The van der Waals surface area contributed by atoms with Crippen LogP contribution >= 0.6 is 11.6 Å². The number of nitriles is 1. The first-order valence-corrected chi connectivity index (χ1v) is 10.5. The lowest BCUT2D eigenvalue weighted by Crippen LogP contribution is -2.55. The Hall–Kier alpha value is -2.18. The summed E-state index contributed by atoms with van der Waals surface area (Å²) in [5.41, 5.74) is 4.10. The molecule has 2 aromatic carbocycles. The zero-order valence-corrected chi connectivity index (χ0v) is 17.5. The van der Waals surface area contributed by atoms with Crippen LogP contribution in [0.5, 0.6) is 5.75 Å². The van der Waals surface area contributed by atoms with Crippen LogP contribution < -0.4 is 4.74 Å². The lowest BCUT2D eigenvalue weighted by atomic mass is 9.87. The molecule has 0 radical (unpaired) electrons. The van der Waals surface area contributed by atoms with E-state index >= 15 is 0 Å². The standard InChI is InChI=1S/C23H24ClNO6/c24-18-14(9-13-3-1-12(2-4-13)5-7-25)10-16(15-6-8-30-22(15)18)23-21(29)20(28)19(27)17(11-26)31-23/h1-4,10,17,19-21,23,26-29H,5-6,8-9,11H2/t17-,19-,20+,21-,23+/m1/s1. The van der Waals surface area contributed by atoms with Crippen molar-refractivity contribution in [2.75, 3.05) is 13.2 Å². The normalized spacial score (nSPS) is 27.4. The number of hydrogen-bond donors (Lipinski definition) is 4. The van der Waals surface area contributed by atoms with Crippen molar-refractivity contribution < 1.29 is 29.9 Å². The fourth-order valence-corrected chi connectivity index (χ4v) is 4.53. The summed E-state index contributed by atoms with van der Waals surface area (Å²) >= 11 is 6.64. The maximum atomic E-state index is 10.6. The minimum Gasteiger partial charge on any atom is -0.491 e. The molecule has 0 amide bonds. The van der Waals surface area contributed by atoms with Gasteiger partial charge in [-0.1, -0.05) is 41.9 Å². The molecule has 0 unspecified atom stereocenters. The van der Waals surface area contributed by atoms with Crippen LogP contribution in [-0.4, -0.2) is 58.1 Å². The van der Waals surface area contributed by atoms with E-state index in [0.717, 1.165) is 22.3 Å². The van der Waals surface area contributed by atoms with Gasteiger partial charge < -0.3 is 29.9 Å². The zero-order chi connectivity index (χ0) is 22.1. The summed E-state index contributed by atoms with van der Waals surface area (Å²) in [5, 5.41) is 49.8. The molecule has 7 nitrogen and oxygen atoms in total. The smallest absolute Gasteiger partial charge is 0.141 e. The number of rotatable bonds is 5. The van der Waals surface area contributed by atoms with Gasteiger partial charge in [-0.15, -0.1) is 0 Å². The molecule has 5 atom stereocenters. The van der Waals surface area contributed by atoms with Crippen LogP contribution in [0, 0.1) is 11.3 Å². The maximum Gasteiger partial charge on any atom is 0.141 e. The van der Waals surface area contributed by atoms with Gasteiger partial charge in [0.1, 0.15) is 36.3 Å². The molecule has 0 aliphatic carbocycles. The number of fused-ring (bicyclic) bond motifs is 1. The summed E-state index contributed by atoms with van der Waals surface area (Å²) in [5.74, 6) is 0.534. The molecule has 4 N–H and O–H groups in total. The molecule has 2 heterocycles. The van der Waals surface area contributed by atoms with E-state index in [1.54, 1.807) is 0 Å². The Balaban J connectivity index is 1.71. The molecule has 1 fully saturated rings. The van der Waals surface area contributed by atoms with E-state index in [1.165, 1.54) is 0 Å². The minimum atomic E-state index is -1.46. The van der Waals surface area contributed by atoms with Gasteiger partial charge in [-0.2, -0.15) is 5.26 Å². The molecular formula is C23H24ClNO6. The van der Waals surface area contributed by atoms with Crippen LogP contribution in [0.25, 0.3) is 0 Å². The summed E-state index contributed by atoms with van der Waals surface area (Å²) < 4.78 is 11.6. The number of ether oxygens (including phenoxy) is 2. The fourth-order valence-electron chi connectivity index (χ4n) is 4.24. The molecule has 31 heavy (non-hydrogen) atoms. The Labute approximate surface area is 185 Å². The number of aliphatic hydroxyl groups is 4. The van der Waals surface area contributed by atoms with E-state index in [-0.39, 0.29) is 0 Å². The van der Waals surface area contributed by atoms with Gasteiger partial charge in [0.25, 0.3) is 0 Å². The Kier molecular flexibility index (Phi) is 6.49. The van der Waals surface area contributed by atoms with E-state index in [1.807, 2.05) is 30.3 Å². The van der Waals surface area contributed by atoms with E-state index in [4.69, 9.17) is 26.3 Å². The predicted octanol–water partition coefficient (Wildman–Crippen LogP) is 1.45. The molecule has 0 aromatic heterocycles. The van der Waals surface area contributed by atoms with Gasteiger partial charge in [0.2, 0.25) is 0 Å². The maximum absolute atomic E-state index is 10.6. The molecule has 0 spiro atoms. The van der Waals surface area contributed by atoms with Gasteiger partial charge in [0.15, 0.2) is 0 Å². The van der Waals surface area contributed by atoms with Crippen molar-refractivity contribution in [3.63, 3.8) is 0 Å². The van der Waals surface area contributed by atoms with Crippen molar-refractivity contribution in [1.82, 2.24) is 0 Å². The molecule has 0 saturated carbocycles. The van der Waals surface area contributed by atoms with Crippen molar-refractivity contribution in [2.45, 2.75) is 49.8 Å². The topological polar surface area (TPSA) is 123 Å². The van der Waals surface area contributed by atoms with E-state index < -0.39 is 37.1 Å². The summed E-state index contributed by atoms with van der Waals surface area (Å²) in [4.78, 5) is 0. The van der Waals surface area contributed by atoms with Gasteiger partial charge in [0, 0.05) is 12.0 Å². The highest BCUT2D eigenvalue weighted by atomic mass is 35.5. The third-order valence-corrected chi connectivity index (χ3v) is 6.35. The quantitative estimate of drug-likeness (QED) is 0.549. The fraction of sp³-hybridized carbons (Fsp3) is 0.435. The first-order valence-electron chi connectivity index (χ1n) is 10.2. The number of halogens is 1. The average molecular weight is 446 g/mol. The van der Waals surface area contributed by atoms with Crippen molar-refractivity contribution in [1.29, 1.82) is 5.26 Å². The second kappa shape index (κ2) is 9.13. The first kappa shape index (κ1) is 22.0. The molecule has 2 aliphatic heterocycles. The Morgan fingerprint density at radius 3 is 2.45 bits per heavy atom. The molecule has 8 heteroatoms. The first-order chi connectivity index (χ1) is 14.9.